The van der Waals surface area contributed by atoms with E-state index in [1.807, 2.05) is 19.1 Å². The second kappa shape index (κ2) is 5.95. The van der Waals surface area contributed by atoms with Crippen LogP contribution in [0.1, 0.15) is 37.7 Å². The fourth-order valence-electron chi connectivity index (χ4n) is 4.20. The van der Waals surface area contributed by atoms with Gasteiger partial charge in [-0.15, -0.1) is 0 Å². The van der Waals surface area contributed by atoms with Crippen LogP contribution in [-0.4, -0.2) is 30.8 Å². The van der Waals surface area contributed by atoms with Gasteiger partial charge in [-0.1, -0.05) is 6.07 Å². The largest absolute Gasteiger partial charge is 0.326 e. The molecule has 1 aliphatic carbocycles. The zero-order valence-electron chi connectivity index (χ0n) is 14.4. The molecule has 1 aromatic rings. The van der Waals surface area contributed by atoms with Gasteiger partial charge in [0.2, 0.25) is 17.7 Å². The third-order valence-corrected chi connectivity index (χ3v) is 5.87. The number of carbonyl (C=O) groups excluding carboxylic acids is 3. The summed E-state index contributed by atoms with van der Waals surface area (Å²) in [4.78, 5) is 37.9. The van der Waals surface area contributed by atoms with E-state index in [-0.39, 0.29) is 41.9 Å². The first-order valence-electron chi connectivity index (χ1n) is 8.98. The summed E-state index contributed by atoms with van der Waals surface area (Å²) >= 11 is 0. The molecule has 3 fully saturated rings. The molecule has 3 amide bonds. The lowest BCUT2D eigenvalue weighted by molar-refractivity contribution is -0.121. The molecule has 6 nitrogen and oxygen atoms in total. The number of nitrogens with one attached hydrogen (secondary N) is 2. The number of hydrogen-bond donors (Lipinski definition) is 2. The van der Waals surface area contributed by atoms with Gasteiger partial charge in [-0.05, 0) is 62.4 Å². The van der Waals surface area contributed by atoms with E-state index in [0.717, 1.165) is 37.9 Å². The molecule has 2 N–H and O–H groups in total. The van der Waals surface area contributed by atoms with Gasteiger partial charge in [0.25, 0.3) is 0 Å². The van der Waals surface area contributed by atoms with Gasteiger partial charge in [0, 0.05) is 24.4 Å². The van der Waals surface area contributed by atoms with Crippen molar-refractivity contribution in [3.8, 4) is 0 Å². The first-order valence-corrected chi connectivity index (χ1v) is 8.98. The van der Waals surface area contributed by atoms with Gasteiger partial charge in [-0.3, -0.25) is 19.3 Å². The van der Waals surface area contributed by atoms with Gasteiger partial charge >= 0.3 is 0 Å². The highest BCUT2D eigenvalue weighted by Crippen LogP contribution is 2.58. The van der Waals surface area contributed by atoms with Gasteiger partial charge in [0.15, 0.2) is 0 Å². The molecule has 1 atom stereocenters. The van der Waals surface area contributed by atoms with Crippen LogP contribution in [0.5, 0.6) is 0 Å². The highest BCUT2D eigenvalue weighted by Gasteiger charge is 2.57. The molecular weight excluding hydrogens is 318 g/mol. The third kappa shape index (κ3) is 2.84. The molecule has 3 aliphatic rings. The maximum atomic E-state index is 12.6. The fraction of sp³-hybridized carbons (Fsp3) is 0.526. The number of hydrogen-bond acceptors (Lipinski definition) is 4. The predicted molar refractivity (Wildman–Crippen MR) is 94.2 cm³/mol. The lowest BCUT2D eigenvalue weighted by atomic mass is 9.92. The molecule has 2 heterocycles. The SMILES string of the molecule is Cc1ccc(NC(=O)C2CC23CCNCC3)cc1N1C(=O)CCC1=O. The van der Waals surface area contributed by atoms with Crippen molar-refractivity contribution < 1.29 is 14.4 Å². The van der Waals surface area contributed by atoms with Crippen molar-refractivity contribution in [3.63, 3.8) is 0 Å². The smallest absolute Gasteiger partial charge is 0.234 e. The van der Waals surface area contributed by atoms with Gasteiger partial charge in [0.1, 0.15) is 0 Å². The lowest BCUT2D eigenvalue weighted by Crippen LogP contribution is -2.31. The van der Waals surface area contributed by atoms with E-state index in [1.165, 1.54) is 4.90 Å². The Hall–Kier alpha value is -2.21. The average molecular weight is 341 g/mol. The molecule has 1 saturated carbocycles. The Morgan fingerprint density at radius 2 is 1.88 bits per heavy atom. The standard InChI is InChI=1S/C19H23N3O3/c1-12-2-3-13(10-15(12)22-16(23)4-5-17(22)24)21-18(25)14-11-19(14)6-8-20-9-7-19/h2-3,10,14,20H,4-9,11H2,1H3,(H,21,25). The molecule has 2 saturated heterocycles. The van der Waals surface area contributed by atoms with Crippen LogP contribution in [0.4, 0.5) is 11.4 Å². The van der Waals surface area contributed by atoms with Gasteiger partial charge in [-0.2, -0.15) is 0 Å². The Morgan fingerprint density at radius 3 is 2.56 bits per heavy atom. The van der Waals surface area contributed by atoms with E-state index in [2.05, 4.69) is 10.6 Å². The van der Waals surface area contributed by atoms with Crippen molar-refractivity contribution in [2.24, 2.45) is 11.3 Å². The summed E-state index contributed by atoms with van der Waals surface area (Å²) in [6.45, 7) is 3.83. The minimum atomic E-state index is -0.174. The normalized spacial score (nSPS) is 24.7. The quantitative estimate of drug-likeness (QED) is 0.824. The summed E-state index contributed by atoms with van der Waals surface area (Å²) < 4.78 is 0. The van der Waals surface area contributed by atoms with Crippen LogP contribution >= 0.6 is 0 Å². The minimum Gasteiger partial charge on any atom is -0.326 e. The highest BCUT2D eigenvalue weighted by molar-refractivity contribution is 6.20. The van der Waals surface area contributed by atoms with Crippen molar-refractivity contribution in [3.05, 3.63) is 23.8 Å². The van der Waals surface area contributed by atoms with Crippen LogP contribution < -0.4 is 15.5 Å². The van der Waals surface area contributed by atoms with Crippen molar-refractivity contribution in [2.75, 3.05) is 23.3 Å². The van der Waals surface area contributed by atoms with Gasteiger partial charge in [0.05, 0.1) is 5.69 Å². The lowest BCUT2D eigenvalue weighted by Gasteiger charge is -2.23. The second-order valence-corrected chi connectivity index (χ2v) is 7.48. The van der Waals surface area contributed by atoms with Crippen LogP contribution in [-0.2, 0) is 14.4 Å². The molecule has 0 aromatic heterocycles. The third-order valence-electron chi connectivity index (χ3n) is 5.87. The summed E-state index contributed by atoms with van der Waals surface area (Å²) in [7, 11) is 0. The zero-order chi connectivity index (χ0) is 17.6. The van der Waals surface area contributed by atoms with Gasteiger partial charge in [-0.25, -0.2) is 0 Å². The molecule has 0 radical (unpaired) electrons. The van der Waals surface area contributed by atoms with Crippen LogP contribution in [0, 0.1) is 18.3 Å². The van der Waals surface area contributed by atoms with E-state index < -0.39 is 0 Å². The maximum absolute atomic E-state index is 12.6. The number of rotatable bonds is 3. The molecule has 6 heteroatoms. The maximum Gasteiger partial charge on any atom is 0.234 e. The monoisotopic (exact) mass is 341 g/mol. The Morgan fingerprint density at radius 1 is 1.20 bits per heavy atom. The number of aryl methyl sites for hydroxylation is 1. The second-order valence-electron chi connectivity index (χ2n) is 7.48. The number of carbonyl (C=O) groups is 3. The first kappa shape index (κ1) is 16.3. The summed E-state index contributed by atoms with van der Waals surface area (Å²) in [6.07, 6.45) is 3.59. The Bertz CT molecular complexity index is 736. The Kier molecular flexibility index (Phi) is 3.87. The first-order chi connectivity index (χ1) is 12.0. The highest BCUT2D eigenvalue weighted by atomic mass is 16.2. The summed E-state index contributed by atoms with van der Waals surface area (Å²) in [5.74, 6) is -0.218. The molecule has 25 heavy (non-hydrogen) atoms. The molecule has 132 valence electrons. The van der Waals surface area contributed by atoms with Crippen LogP contribution in [0.2, 0.25) is 0 Å². The van der Waals surface area contributed by atoms with Crippen molar-refractivity contribution >= 4 is 29.1 Å². The number of imide groups is 1. The van der Waals surface area contributed by atoms with E-state index in [1.54, 1.807) is 6.07 Å². The van der Waals surface area contributed by atoms with Gasteiger partial charge < -0.3 is 10.6 Å². The molecule has 1 unspecified atom stereocenters. The molecule has 2 aliphatic heterocycles. The minimum absolute atomic E-state index is 0.0516. The number of amides is 3. The van der Waals surface area contributed by atoms with Crippen molar-refractivity contribution in [2.45, 2.75) is 39.0 Å². The van der Waals surface area contributed by atoms with Crippen molar-refractivity contribution in [1.82, 2.24) is 5.32 Å². The van der Waals surface area contributed by atoms with Crippen LogP contribution in [0.15, 0.2) is 18.2 Å². The summed E-state index contributed by atoms with van der Waals surface area (Å²) in [5, 5.41) is 6.33. The zero-order valence-corrected chi connectivity index (χ0v) is 14.4. The molecule has 0 bridgehead atoms. The predicted octanol–water partition coefficient (Wildman–Crippen LogP) is 1.98. The fourth-order valence-corrected chi connectivity index (χ4v) is 4.20. The summed E-state index contributed by atoms with van der Waals surface area (Å²) in [5.41, 5.74) is 2.26. The molecule has 4 rings (SSSR count). The average Bonchev–Trinajstić information content (AvgIpc) is 3.18. The Labute approximate surface area is 147 Å². The number of anilines is 2. The van der Waals surface area contributed by atoms with Crippen LogP contribution in [0.3, 0.4) is 0 Å². The molecule has 1 aromatic carbocycles. The number of nitrogens with zero attached hydrogens (tertiary/aromatic N) is 1. The van der Waals surface area contributed by atoms with E-state index in [9.17, 15) is 14.4 Å². The van der Waals surface area contributed by atoms with E-state index >= 15 is 0 Å². The Balaban J connectivity index is 1.50. The molecular formula is C19H23N3O3. The topological polar surface area (TPSA) is 78.5 Å². The van der Waals surface area contributed by atoms with Crippen molar-refractivity contribution in [1.29, 1.82) is 0 Å². The van der Waals surface area contributed by atoms with E-state index in [4.69, 9.17) is 0 Å². The van der Waals surface area contributed by atoms with E-state index in [0.29, 0.717) is 11.4 Å². The number of benzene rings is 1. The summed E-state index contributed by atoms with van der Waals surface area (Å²) in [6, 6.07) is 5.42. The van der Waals surface area contributed by atoms with Crippen LogP contribution in [0.25, 0.3) is 0 Å². The molecule has 1 spiro atoms. The number of piperidine rings is 1.